The van der Waals surface area contributed by atoms with Crippen LogP contribution < -0.4 is 0 Å². The number of aliphatic hydroxyl groups is 1. The first-order valence-electron chi connectivity index (χ1n) is 35.5. The first kappa shape index (κ1) is 87.6. The van der Waals surface area contributed by atoms with E-state index in [1.165, 1.54) is 69.4 Å². The third-order valence-electron chi connectivity index (χ3n) is 22.8. The highest BCUT2D eigenvalue weighted by molar-refractivity contribution is 9.25. The van der Waals surface area contributed by atoms with Crippen molar-refractivity contribution in [2.45, 2.75) is 314 Å². The Morgan fingerprint density at radius 2 is 0.903 bits per heavy atom. The van der Waals surface area contributed by atoms with E-state index in [1.807, 2.05) is 13.8 Å². The normalized spacial score (nSPS) is 41.5. The van der Waals surface area contributed by atoms with Crippen molar-refractivity contribution < 1.29 is 49.0 Å². The monoisotopic (exact) mass is 1540 g/mol. The van der Waals surface area contributed by atoms with Gasteiger partial charge in [-0.1, -0.05) is 229 Å². The number of alkyl halides is 16. The average Bonchev–Trinajstić information content (AvgIpc) is 0.838. The number of benzene rings is 1. The average molecular weight is 1550 g/mol. The first-order valence-corrected chi connectivity index (χ1v) is 38.6. The Morgan fingerprint density at radius 3 is 1.02 bits per heavy atom. The fourth-order valence-corrected chi connectivity index (χ4v) is 13.5. The van der Waals surface area contributed by atoms with Crippen LogP contribution in [-0.2, 0) is 0 Å². The van der Waals surface area contributed by atoms with E-state index in [4.69, 9.17) is 46.4 Å². The maximum Gasteiger partial charge on any atom is 0.312 e. The van der Waals surface area contributed by atoms with Gasteiger partial charge >= 0.3 is 11.8 Å². The number of fused-ring (bicyclic) bond motifs is 2. The molecule has 0 saturated heterocycles. The molecule has 0 amide bonds. The van der Waals surface area contributed by atoms with Gasteiger partial charge in [-0.15, -0.1) is 34.8 Å². The van der Waals surface area contributed by atoms with Crippen molar-refractivity contribution >= 4 is 78.3 Å². The summed E-state index contributed by atoms with van der Waals surface area (Å²) in [4.78, 5) is 0. The van der Waals surface area contributed by atoms with Crippen LogP contribution in [0.4, 0.5) is 43.9 Å². The van der Waals surface area contributed by atoms with Gasteiger partial charge in [0.05, 0.1) is 9.34 Å². The number of hydrogen-bond acceptors (Lipinski definition) is 1. The molecule has 14 aliphatic carbocycles. The summed E-state index contributed by atoms with van der Waals surface area (Å²) < 4.78 is 119. The summed E-state index contributed by atoms with van der Waals surface area (Å²) in [7, 11) is 0. The van der Waals surface area contributed by atoms with E-state index in [1.54, 1.807) is 32.6 Å². The minimum absolute atomic E-state index is 0.00347. The van der Waals surface area contributed by atoms with Crippen LogP contribution in [0.5, 0.6) is 0 Å². The quantitative estimate of drug-likeness (QED) is 0.178. The zero-order chi connectivity index (χ0) is 71.7. The van der Waals surface area contributed by atoms with Crippen LogP contribution in [0.15, 0.2) is 42.0 Å². The lowest BCUT2D eigenvalue weighted by Gasteiger charge is -2.43. The molecule has 19 unspecified atom stereocenters. The summed E-state index contributed by atoms with van der Waals surface area (Å²) in [5.41, 5.74) is 4.27. The van der Waals surface area contributed by atoms with Gasteiger partial charge in [0, 0.05) is 42.4 Å². The van der Waals surface area contributed by atoms with Crippen molar-refractivity contribution in [3.63, 3.8) is 0 Å². The second kappa shape index (κ2) is 35.5. The number of allylic oxidation sites excluding steroid dienone is 2. The molecule has 0 spiro atoms. The van der Waals surface area contributed by atoms with Gasteiger partial charge < -0.3 is 5.11 Å². The van der Waals surface area contributed by atoms with Crippen LogP contribution in [-0.4, -0.2) is 59.1 Å². The molecule has 0 aliphatic heterocycles. The molecule has 2 bridgehead atoms. The van der Waals surface area contributed by atoms with Crippen LogP contribution >= 0.6 is 78.3 Å². The largest absolute Gasteiger partial charge is 0.393 e. The van der Waals surface area contributed by atoms with Gasteiger partial charge in [0.25, 0.3) is 11.8 Å². The predicted molar refractivity (Wildman–Crippen MR) is 383 cm³/mol. The molecule has 1 nitrogen and oxygen atoms in total. The van der Waals surface area contributed by atoms with Gasteiger partial charge in [0.1, 0.15) is 10.5 Å². The molecule has 0 heterocycles. The van der Waals surface area contributed by atoms with Gasteiger partial charge in [-0.05, 0) is 196 Å². The lowest BCUT2D eigenvalue weighted by molar-refractivity contribution is -0.309. The molecule has 546 valence electrons. The zero-order valence-electron chi connectivity index (χ0n) is 60.3. The topological polar surface area (TPSA) is 20.2 Å². The van der Waals surface area contributed by atoms with Crippen molar-refractivity contribution in [3.05, 3.63) is 47.5 Å². The summed E-state index contributed by atoms with van der Waals surface area (Å²) in [6, 6.07) is 10.8. The Balaban J connectivity index is 0.000000264. The van der Waals surface area contributed by atoms with Crippen molar-refractivity contribution in [3.8, 4) is 0 Å². The molecular formula is C76H124Br2Cl4F10O. The summed E-state index contributed by atoms with van der Waals surface area (Å²) in [6.45, 7) is 42.2. The van der Waals surface area contributed by atoms with E-state index in [0.717, 1.165) is 97.2 Å². The molecule has 0 aromatic heterocycles. The SMILES string of the molecule is CC(C)=CC1C(C)C1(C)C.CC1CC(F)(F)C1(F)Cl.CC1CC(F)(F)C1(F)F.CC1CC1(Br)Br.CC1CC1(C)C.CC1CC1(Cl)Cl.CC1CC1(F)F.CC1CC1C.CC1CC1Cl.CC1CC1F.CC1CC2CCC1C2.C[C@H]1CC1c1ccccc1.C[C@H]1CCCC[C@@H]1O. The number of rotatable bonds is 2. The minimum Gasteiger partial charge on any atom is -0.393 e. The van der Waals surface area contributed by atoms with E-state index >= 15 is 0 Å². The lowest BCUT2D eigenvalue weighted by atomic mass is 9.78. The first-order chi connectivity index (χ1) is 42.2. The van der Waals surface area contributed by atoms with E-state index in [0.29, 0.717) is 37.2 Å². The second-order valence-electron chi connectivity index (χ2n) is 33.3. The summed E-state index contributed by atoms with van der Waals surface area (Å²) in [5, 5.41) is 6.92. The molecule has 14 aliphatic rings. The standard InChI is InChI=1S/C10H12.C10H18.C8H14.C7H14O.C6H12.C5H6ClF3.C5H6F4.C5H10.C4H6Br2.C4H6Cl2.C4H7Cl.C4H6F2.C4H7F/c1-8-7-10(8)9-5-3-2-4-6-9;1-7(2)6-9-8(3)10(9,4)5;1-6-4-7-2-3-8(6)5-7;1-6-4-2-3-5-7(6)8;1-5-4-6(5,2)3;1-3-2-4(7,8)5(3,6)9;1-3-2-4(6,7)5(3,8)9;1-4-3-5(4)2;2*1-3-2-4(3,5)6;1-3-2-4(3)5;1-3-2-4(3,5)6;1-3-2-4(3)5/h2-6,8,10H,7H2,1H3;6,8-9H,1-5H3;2*6-8H,2-5H2,1H3;5H,4H2,1-3H3;2*3H,2H2,1H3;4-5H,3H2,1-2H3;2*3H,2H2,1H3;3-4H,2H2,1H3;3H,2H2,1H3;3-4H,2H2,1H3/t8-,10?;;;6-,7-;;;;;;;;;/m0..0........./s1. The zero-order valence-corrected chi connectivity index (χ0v) is 66.5. The van der Waals surface area contributed by atoms with E-state index in [2.05, 4.69) is 172 Å². The Morgan fingerprint density at radius 1 is 0.516 bits per heavy atom. The molecule has 15 rings (SSSR count). The molecule has 1 N–H and O–H groups in total. The van der Waals surface area contributed by atoms with Crippen LogP contribution in [0, 0.1) is 111 Å². The molecule has 1 aromatic rings. The van der Waals surface area contributed by atoms with Crippen molar-refractivity contribution in [2.24, 2.45) is 111 Å². The third-order valence-corrected chi connectivity index (χ3v) is 27.3. The number of aliphatic hydroxyl groups excluding tert-OH is 1. The van der Waals surface area contributed by atoms with E-state index < -0.39 is 59.7 Å². The van der Waals surface area contributed by atoms with Crippen LogP contribution in [0.2, 0.25) is 0 Å². The van der Waals surface area contributed by atoms with E-state index in [-0.39, 0.29) is 22.8 Å². The molecule has 1 aromatic carbocycles. The van der Waals surface area contributed by atoms with Crippen LogP contribution in [0.25, 0.3) is 0 Å². The molecule has 17 heteroatoms. The van der Waals surface area contributed by atoms with Crippen LogP contribution in [0.3, 0.4) is 0 Å². The molecule has 22 atom stereocenters. The second-order valence-corrected chi connectivity index (χ2v) is 39.8. The van der Waals surface area contributed by atoms with Crippen molar-refractivity contribution in [1.29, 1.82) is 0 Å². The fraction of sp³-hybridized carbons (Fsp3) is 0.895. The van der Waals surface area contributed by atoms with Gasteiger partial charge in [0.2, 0.25) is 5.13 Å². The van der Waals surface area contributed by atoms with Gasteiger partial charge in [-0.2, -0.15) is 17.6 Å². The van der Waals surface area contributed by atoms with Gasteiger partial charge in [-0.3, -0.25) is 0 Å². The maximum absolute atomic E-state index is 12.4. The minimum atomic E-state index is -3.76. The predicted octanol–water partition coefficient (Wildman–Crippen LogP) is 28.0. The molecule has 14 saturated carbocycles. The van der Waals surface area contributed by atoms with Crippen LogP contribution in [0.1, 0.15) is 266 Å². The van der Waals surface area contributed by atoms with Gasteiger partial charge in [0.15, 0.2) is 0 Å². The smallest absolute Gasteiger partial charge is 0.312 e. The Hall–Kier alpha value is 0.340. The Kier molecular flexibility index (Phi) is 33.4. The highest BCUT2D eigenvalue weighted by atomic mass is 79.9. The van der Waals surface area contributed by atoms with Gasteiger partial charge in [-0.25, -0.2) is 26.3 Å². The van der Waals surface area contributed by atoms with Crippen molar-refractivity contribution in [2.75, 3.05) is 0 Å². The molecule has 14 fully saturated rings. The highest BCUT2D eigenvalue weighted by Crippen LogP contribution is 2.60. The maximum atomic E-state index is 12.4. The lowest BCUT2D eigenvalue weighted by Crippen LogP contribution is -2.57. The third kappa shape index (κ3) is 30.1. The van der Waals surface area contributed by atoms with E-state index in [9.17, 15) is 49.0 Å². The number of halogens is 16. The fourth-order valence-electron chi connectivity index (χ4n) is 11.6. The van der Waals surface area contributed by atoms with Crippen molar-refractivity contribution in [1.82, 2.24) is 0 Å². The summed E-state index contributed by atoms with van der Waals surface area (Å²) in [6.07, 6.45) is 20.5. The molecular weight excluding hydrogens is 1420 g/mol. The highest BCUT2D eigenvalue weighted by Gasteiger charge is 2.70. The Bertz CT molecular complexity index is 2210. The molecule has 0 radical (unpaired) electrons. The summed E-state index contributed by atoms with van der Waals surface area (Å²) in [5.74, 6) is -2.20. The summed E-state index contributed by atoms with van der Waals surface area (Å²) >= 11 is 28.4. The Labute approximate surface area is 596 Å². The number of hydrogen-bond donors (Lipinski definition) is 1. The molecule has 93 heavy (non-hydrogen) atoms.